The predicted octanol–water partition coefficient (Wildman–Crippen LogP) is 3.52. The van der Waals surface area contributed by atoms with Gasteiger partial charge in [-0.25, -0.2) is 8.42 Å². The fourth-order valence-electron chi connectivity index (χ4n) is 2.09. The Morgan fingerprint density at radius 1 is 1.14 bits per heavy atom. The van der Waals surface area contributed by atoms with Crippen LogP contribution in [0.1, 0.15) is 37.9 Å². The Kier molecular flexibility index (Phi) is 4.56. The first kappa shape index (κ1) is 16.2. The Hall–Kier alpha value is -1.17. The quantitative estimate of drug-likeness (QED) is 0.936. The second kappa shape index (κ2) is 5.91. The lowest BCUT2D eigenvalue weighted by atomic mass is 9.86. The molecule has 0 amide bonds. The van der Waals surface area contributed by atoms with Gasteiger partial charge in [0.05, 0.1) is 5.75 Å². The summed E-state index contributed by atoms with van der Waals surface area (Å²) >= 11 is 1.23. The zero-order valence-electron chi connectivity index (χ0n) is 12.5. The first-order valence-corrected chi connectivity index (χ1v) is 9.35. The number of thiophene rings is 1. The highest BCUT2D eigenvalue weighted by Gasteiger charge is 2.21. The third-order valence-corrected chi connectivity index (χ3v) is 6.66. The first-order valence-electron chi connectivity index (χ1n) is 6.82. The van der Waals surface area contributed by atoms with Crippen molar-refractivity contribution < 1.29 is 8.42 Å². The highest BCUT2D eigenvalue weighted by molar-refractivity contribution is 7.93. The molecule has 0 fully saturated rings. The lowest BCUT2D eigenvalue weighted by Gasteiger charge is -2.20. The minimum absolute atomic E-state index is 0.0671. The molecular formula is C16H21NO2S2. The zero-order valence-corrected chi connectivity index (χ0v) is 14.2. The van der Waals surface area contributed by atoms with E-state index in [0.717, 1.165) is 5.56 Å². The summed E-state index contributed by atoms with van der Waals surface area (Å²) in [6.07, 6.45) is 0. The second-order valence-electron chi connectivity index (χ2n) is 6.19. The lowest BCUT2D eigenvalue weighted by molar-refractivity contribution is 0.586. The van der Waals surface area contributed by atoms with Gasteiger partial charge in [0.2, 0.25) is 0 Å². The molecule has 3 nitrogen and oxygen atoms in total. The number of nitrogens with two attached hydrogens (primary N) is 1. The molecule has 0 saturated carbocycles. The van der Waals surface area contributed by atoms with Gasteiger partial charge in [-0.3, -0.25) is 0 Å². The Balaban J connectivity index is 2.16. The van der Waals surface area contributed by atoms with E-state index in [1.807, 2.05) is 24.3 Å². The summed E-state index contributed by atoms with van der Waals surface area (Å²) in [7, 11) is -3.31. The van der Waals surface area contributed by atoms with Crippen LogP contribution in [0.3, 0.4) is 0 Å². The maximum absolute atomic E-state index is 12.2. The third kappa shape index (κ3) is 3.93. The molecule has 1 aromatic carbocycles. The van der Waals surface area contributed by atoms with Crippen LogP contribution in [0.15, 0.2) is 46.0 Å². The van der Waals surface area contributed by atoms with Crippen LogP contribution in [0.5, 0.6) is 0 Å². The number of hydrogen-bond acceptors (Lipinski definition) is 4. The van der Waals surface area contributed by atoms with Gasteiger partial charge < -0.3 is 5.73 Å². The molecule has 1 unspecified atom stereocenters. The largest absolute Gasteiger partial charge is 0.323 e. The van der Waals surface area contributed by atoms with Gasteiger partial charge >= 0.3 is 0 Å². The van der Waals surface area contributed by atoms with Crippen molar-refractivity contribution in [3.05, 3.63) is 52.9 Å². The highest BCUT2D eigenvalue weighted by Crippen LogP contribution is 2.25. The van der Waals surface area contributed by atoms with Crippen molar-refractivity contribution in [2.75, 3.05) is 5.75 Å². The summed E-state index contributed by atoms with van der Waals surface area (Å²) in [6, 6.07) is 10.7. The van der Waals surface area contributed by atoms with Crippen molar-refractivity contribution >= 4 is 21.2 Å². The van der Waals surface area contributed by atoms with Crippen LogP contribution >= 0.6 is 11.3 Å². The van der Waals surface area contributed by atoms with E-state index in [4.69, 9.17) is 5.73 Å². The molecule has 114 valence electrons. The Bertz CT molecular complexity index is 681. The van der Waals surface area contributed by atoms with Crippen LogP contribution in [0, 0.1) is 0 Å². The van der Waals surface area contributed by atoms with Crippen LogP contribution in [0.4, 0.5) is 0 Å². The molecule has 2 rings (SSSR count). The lowest BCUT2D eigenvalue weighted by Crippen LogP contribution is -2.21. The predicted molar refractivity (Wildman–Crippen MR) is 88.4 cm³/mol. The Labute approximate surface area is 130 Å². The zero-order chi connectivity index (χ0) is 15.7. The summed E-state index contributed by atoms with van der Waals surface area (Å²) in [5, 5.41) is 1.76. The van der Waals surface area contributed by atoms with Crippen molar-refractivity contribution in [3.63, 3.8) is 0 Å². The van der Waals surface area contributed by atoms with Crippen LogP contribution in [0.2, 0.25) is 0 Å². The SMILES string of the molecule is CC(C)(C)c1ccc(C(N)CS(=O)(=O)c2cccs2)cc1. The number of hydrogen-bond donors (Lipinski definition) is 1. The van der Waals surface area contributed by atoms with Gasteiger partial charge in [-0.15, -0.1) is 11.3 Å². The van der Waals surface area contributed by atoms with Crippen molar-refractivity contribution in [3.8, 4) is 0 Å². The van der Waals surface area contributed by atoms with Gasteiger partial charge in [-0.2, -0.15) is 0 Å². The normalized spacial score (nSPS) is 14.1. The summed E-state index contributed by atoms with van der Waals surface area (Å²) in [4.78, 5) is 0. The smallest absolute Gasteiger partial charge is 0.189 e. The molecule has 0 radical (unpaired) electrons. The van der Waals surface area contributed by atoms with Crippen molar-refractivity contribution in [1.82, 2.24) is 0 Å². The fourth-order valence-corrected chi connectivity index (χ4v) is 4.61. The van der Waals surface area contributed by atoms with Crippen molar-refractivity contribution in [1.29, 1.82) is 0 Å². The third-order valence-electron chi connectivity index (χ3n) is 3.41. The molecule has 0 aliphatic carbocycles. The first-order chi connectivity index (χ1) is 9.70. The molecule has 5 heteroatoms. The average Bonchev–Trinajstić information content (AvgIpc) is 2.92. The van der Waals surface area contributed by atoms with E-state index in [1.165, 1.54) is 16.9 Å². The molecule has 1 aromatic heterocycles. The molecule has 0 bridgehead atoms. The molecule has 1 heterocycles. The molecule has 1 atom stereocenters. The van der Waals surface area contributed by atoms with Gasteiger partial charge in [0.1, 0.15) is 4.21 Å². The molecule has 0 aliphatic rings. The topological polar surface area (TPSA) is 60.2 Å². The summed E-state index contributed by atoms with van der Waals surface area (Å²) in [5.41, 5.74) is 8.20. The summed E-state index contributed by atoms with van der Waals surface area (Å²) in [5.74, 6) is -0.0671. The van der Waals surface area contributed by atoms with Crippen molar-refractivity contribution in [2.45, 2.75) is 36.4 Å². The van der Waals surface area contributed by atoms with Gasteiger partial charge in [0, 0.05) is 6.04 Å². The van der Waals surface area contributed by atoms with Crippen LogP contribution in [-0.2, 0) is 15.3 Å². The van der Waals surface area contributed by atoms with E-state index in [2.05, 4.69) is 20.8 Å². The van der Waals surface area contributed by atoms with Gasteiger partial charge in [0.25, 0.3) is 0 Å². The van der Waals surface area contributed by atoms with Gasteiger partial charge in [-0.1, -0.05) is 51.1 Å². The maximum atomic E-state index is 12.2. The van der Waals surface area contributed by atoms with Crippen LogP contribution in [-0.4, -0.2) is 14.2 Å². The molecule has 2 N–H and O–H groups in total. The number of sulfone groups is 1. The van der Waals surface area contributed by atoms with Crippen LogP contribution < -0.4 is 5.73 Å². The summed E-state index contributed by atoms with van der Waals surface area (Å²) < 4.78 is 24.8. The summed E-state index contributed by atoms with van der Waals surface area (Å²) in [6.45, 7) is 6.43. The standard InChI is InChI=1S/C16H21NO2S2/c1-16(2,3)13-8-6-12(7-9-13)14(17)11-21(18,19)15-5-4-10-20-15/h4-10,14H,11,17H2,1-3H3. The molecule has 2 aromatic rings. The molecular weight excluding hydrogens is 302 g/mol. The fraction of sp³-hybridized carbons (Fsp3) is 0.375. The minimum Gasteiger partial charge on any atom is -0.323 e. The van der Waals surface area contributed by atoms with E-state index in [1.54, 1.807) is 17.5 Å². The monoisotopic (exact) mass is 323 g/mol. The Morgan fingerprint density at radius 3 is 2.24 bits per heavy atom. The average molecular weight is 323 g/mol. The van der Waals surface area contributed by atoms with E-state index < -0.39 is 15.9 Å². The number of benzene rings is 1. The van der Waals surface area contributed by atoms with E-state index in [-0.39, 0.29) is 11.2 Å². The van der Waals surface area contributed by atoms with Crippen LogP contribution in [0.25, 0.3) is 0 Å². The van der Waals surface area contributed by atoms with Gasteiger partial charge in [0.15, 0.2) is 9.84 Å². The van der Waals surface area contributed by atoms with E-state index in [0.29, 0.717) is 4.21 Å². The van der Waals surface area contributed by atoms with Gasteiger partial charge in [-0.05, 0) is 28.0 Å². The molecule has 0 saturated heterocycles. The minimum atomic E-state index is -3.31. The molecule has 0 aliphatic heterocycles. The Morgan fingerprint density at radius 2 is 1.76 bits per heavy atom. The highest BCUT2D eigenvalue weighted by atomic mass is 32.2. The van der Waals surface area contributed by atoms with E-state index in [9.17, 15) is 8.42 Å². The number of rotatable bonds is 4. The second-order valence-corrected chi connectivity index (χ2v) is 9.40. The molecule has 0 spiro atoms. The molecule has 21 heavy (non-hydrogen) atoms. The maximum Gasteiger partial charge on any atom is 0.189 e. The van der Waals surface area contributed by atoms with Crippen molar-refractivity contribution in [2.24, 2.45) is 5.73 Å². The van der Waals surface area contributed by atoms with E-state index >= 15 is 0 Å².